The standard InChI is InChI=1S/C15H16ClN3O2/c1-10-7-18-13(8-17-10)15(20)19(2)9-11-6-12(16)4-5-14(11)21-3/h4-8H,9H2,1-3H3. The van der Waals surface area contributed by atoms with Crippen molar-refractivity contribution in [3.05, 3.63) is 52.6 Å². The second-order valence-electron chi connectivity index (χ2n) is 4.66. The van der Waals surface area contributed by atoms with Gasteiger partial charge in [-0.15, -0.1) is 0 Å². The maximum Gasteiger partial charge on any atom is 0.274 e. The summed E-state index contributed by atoms with van der Waals surface area (Å²) in [4.78, 5) is 22.0. The lowest BCUT2D eigenvalue weighted by Crippen LogP contribution is -2.27. The van der Waals surface area contributed by atoms with Gasteiger partial charge in [-0.05, 0) is 25.1 Å². The number of benzene rings is 1. The first kappa shape index (κ1) is 15.3. The van der Waals surface area contributed by atoms with E-state index in [-0.39, 0.29) is 5.91 Å². The average molecular weight is 306 g/mol. The molecule has 0 saturated carbocycles. The molecule has 1 heterocycles. The van der Waals surface area contributed by atoms with E-state index in [2.05, 4.69) is 9.97 Å². The van der Waals surface area contributed by atoms with Crippen LogP contribution >= 0.6 is 11.6 Å². The Morgan fingerprint density at radius 1 is 1.33 bits per heavy atom. The van der Waals surface area contributed by atoms with E-state index in [1.165, 1.54) is 6.20 Å². The molecule has 0 unspecified atom stereocenters. The van der Waals surface area contributed by atoms with Crippen LogP contribution in [0.15, 0.2) is 30.6 Å². The summed E-state index contributed by atoms with van der Waals surface area (Å²) >= 11 is 5.99. The number of halogens is 1. The highest BCUT2D eigenvalue weighted by Crippen LogP contribution is 2.24. The topological polar surface area (TPSA) is 55.3 Å². The van der Waals surface area contributed by atoms with Gasteiger partial charge in [0.05, 0.1) is 19.0 Å². The lowest BCUT2D eigenvalue weighted by molar-refractivity contribution is 0.0778. The monoisotopic (exact) mass is 305 g/mol. The molecule has 0 bridgehead atoms. The lowest BCUT2D eigenvalue weighted by Gasteiger charge is -2.18. The van der Waals surface area contributed by atoms with Gasteiger partial charge in [-0.2, -0.15) is 0 Å². The van der Waals surface area contributed by atoms with Gasteiger partial charge in [0, 0.05) is 30.4 Å². The maximum absolute atomic E-state index is 12.3. The van der Waals surface area contributed by atoms with Crippen molar-refractivity contribution < 1.29 is 9.53 Å². The molecule has 0 atom stereocenters. The van der Waals surface area contributed by atoms with Gasteiger partial charge < -0.3 is 9.64 Å². The van der Waals surface area contributed by atoms with E-state index in [0.717, 1.165) is 11.3 Å². The number of rotatable bonds is 4. The number of aromatic nitrogens is 2. The van der Waals surface area contributed by atoms with E-state index in [0.29, 0.717) is 23.0 Å². The number of aryl methyl sites for hydroxylation is 1. The Balaban J connectivity index is 2.17. The largest absolute Gasteiger partial charge is 0.496 e. The summed E-state index contributed by atoms with van der Waals surface area (Å²) in [5.74, 6) is 0.485. The van der Waals surface area contributed by atoms with Gasteiger partial charge >= 0.3 is 0 Å². The molecule has 0 saturated heterocycles. The van der Waals surface area contributed by atoms with Crippen molar-refractivity contribution in [2.75, 3.05) is 14.2 Å². The molecule has 0 aliphatic heterocycles. The molecule has 1 aromatic heterocycles. The van der Waals surface area contributed by atoms with Crippen molar-refractivity contribution in [2.24, 2.45) is 0 Å². The minimum absolute atomic E-state index is 0.204. The van der Waals surface area contributed by atoms with Crippen LogP contribution in [0.1, 0.15) is 21.7 Å². The Morgan fingerprint density at radius 2 is 2.10 bits per heavy atom. The number of hydrogen-bond acceptors (Lipinski definition) is 4. The highest BCUT2D eigenvalue weighted by atomic mass is 35.5. The van der Waals surface area contributed by atoms with Crippen LogP contribution in [0.5, 0.6) is 5.75 Å². The third kappa shape index (κ3) is 3.70. The van der Waals surface area contributed by atoms with Crippen LogP contribution in [0.25, 0.3) is 0 Å². The first-order chi connectivity index (χ1) is 10.0. The molecular weight excluding hydrogens is 290 g/mol. The SMILES string of the molecule is COc1ccc(Cl)cc1CN(C)C(=O)c1cnc(C)cn1. The summed E-state index contributed by atoms with van der Waals surface area (Å²) in [6.07, 6.45) is 3.05. The lowest BCUT2D eigenvalue weighted by atomic mass is 10.2. The molecule has 6 heteroatoms. The summed E-state index contributed by atoms with van der Waals surface area (Å²) in [5.41, 5.74) is 1.91. The van der Waals surface area contributed by atoms with Crippen molar-refractivity contribution >= 4 is 17.5 Å². The fraction of sp³-hybridized carbons (Fsp3) is 0.267. The van der Waals surface area contributed by atoms with E-state index in [9.17, 15) is 4.79 Å². The maximum atomic E-state index is 12.3. The highest BCUT2D eigenvalue weighted by Gasteiger charge is 2.15. The molecule has 0 N–H and O–H groups in total. The van der Waals surface area contributed by atoms with Gasteiger partial charge in [-0.25, -0.2) is 4.98 Å². The first-order valence-corrected chi connectivity index (χ1v) is 6.75. The molecular formula is C15H16ClN3O2. The third-order valence-electron chi connectivity index (χ3n) is 3.00. The van der Waals surface area contributed by atoms with Crippen LogP contribution < -0.4 is 4.74 Å². The van der Waals surface area contributed by atoms with Gasteiger partial charge in [0.2, 0.25) is 0 Å². The second kappa shape index (κ2) is 6.54. The molecule has 110 valence electrons. The number of amides is 1. The van der Waals surface area contributed by atoms with Crippen molar-refractivity contribution in [3.63, 3.8) is 0 Å². The number of ether oxygens (including phenoxy) is 1. The molecule has 2 rings (SSSR count). The zero-order valence-electron chi connectivity index (χ0n) is 12.1. The van der Waals surface area contributed by atoms with E-state index in [1.54, 1.807) is 43.5 Å². The van der Waals surface area contributed by atoms with Crippen molar-refractivity contribution in [1.29, 1.82) is 0 Å². The fourth-order valence-corrected chi connectivity index (χ4v) is 2.09. The Labute approximate surface area is 128 Å². The molecule has 0 fully saturated rings. The van der Waals surface area contributed by atoms with Gasteiger partial charge in [0.25, 0.3) is 5.91 Å². The molecule has 0 aliphatic rings. The van der Waals surface area contributed by atoms with E-state index >= 15 is 0 Å². The summed E-state index contributed by atoms with van der Waals surface area (Å²) in [6.45, 7) is 2.19. The zero-order valence-corrected chi connectivity index (χ0v) is 12.9. The fourth-order valence-electron chi connectivity index (χ4n) is 1.90. The van der Waals surface area contributed by atoms with E-state index < -0.39 is 0 Å². The number of carbonyl (C=O) groups excluding carboxylic acids is 1. The summed E-state index contributed by atoms with van der Waals surface area (Å²) in [5, 5.41) is 0.599. The predicted octanol–water partition coefficient (Wildman–Crippen LogP) is 2.72. The molecule has 2 aromatic rings. The Bertz CT molecular complexity index is 644. The number of methoxy groups -OCH3 is 1. The van der Waals surface area contributed by atoms with Crippen LogP contribution in [-0.4, -0.2) is 34.9 Å². The van der Waals surface area contributed by atoms with Crippen LogP contribution in [0.4, 0.5) is 0 Å². The van der Waals surface area contributed by atoms with Crippen LogP contribution in [0.2, 0.25) is 5.02 Å². The van der Waals surface area contributed by atoms with E-state index in [4.69, 9.17) is 16.3 Å². The molecule has 1 amide bonds. The Morgan fingerprint density at radius 3 is 2.71 bits per heavy atom. The van der Waals surface area contributed by atoms with Crippen molar-refractivity contribution in [3.8, 4) is 5.75 Å². The molecule has 5 nitrogen and oxygen atoms in total. The molecule has 0 aliphatic carbocycles. The number of carbonyl (C=O) groups is 1. The number of nitrogens with zero attached hydrogens (tertiary/aromatic N) is 3. The summed E-state index contributed by atoms with van der Waals surface area (Å²) in [7, 11) is 3.28. The minimum Gasteiger partial charge on any atom is -0.496 e. The first-order valence-electron chi connectivity index (χ1n) is 6.38. The molecule has 0 radical (unpaired) electrons. The van der Waals surface area contributed by atoms with Crippen molar-refractivity contribution in [1.82, 2.24) is 14.9 Å². The Kier molecular flexibility index (Phi) is 4.75. The molecule has 0 spiro atoms. The third-order valence-corrected chi connectivity index (χ3v) is 3.23. The minimum atomic E-state index is -0.204. The van der Waals surface area contributed by atoms with Gasteiger partial charge in [0.1, 0.15) is 11.4 Å². The van der Waals surface area contributed by atoms with Crippen LogP contribution in [0.3, 0.4) is 0 Å². The summed E-state index contributed by atoms with van der Waals surface area (Å²) in [6, 6.07) is 5.31. The average Bonchev–Trinajstić information content (AvgIpc) is 2.47. The van der Waals surface area contributed by atoms with Crippen LogP contribution in [0, 0.1) is 6.92 Å². The predicted molar refractivity (Wildman–Crippen MR) is 80.6 cm³/mol. The van der Waals surface area contributed by atoms with E-state index in [1.807, 2.05) is 6.92 Å². The Hall–Kier alpha value is -2.14. The van der Waals surface area contributed by atoms with Crippen molar-refractivity contribution in [2.45, 2.75) is 13.5 Å². The zero-order chi connectivity index (χ0) is 15.4. The second-order valence-corrected chi connectivity index (χ2v) is 5.10. The number of hydrogen-bond donors (Lipinski definition) is 0. The van der Waals surface area contributed by atoms with Gasteiger partial charge in [0.15, 0.2) is 0 Å². The smallest absolute Gasteiger partial charge is 0.274 e. The highest BCUT2D eigenvalue weighted by molar-refractivity contribution is 6.30. The van der Waals surface area contributed by atoms with Crippen LogP contribution in [-0.2, 0) is 6.54 Å². The summed E-state index contributed by atoms with van der Waals surface area (Å²) < 4.78 is 5.28. The molecule has 21 heavy (non-hydrogen) atoms. The molecule has 1 aromatic carbocycles. The quantitative estimate of drug-likeness (QED) is 0.871. The van der Waals surface area contributed by atoms with Gasteiger partial charge in [-0.3, -0.25) is 9.78 Å². The van der Waals surface area contributed by atoms with Gasteiger partial charge in [-0.1, -0.05) is 11.6 Å². The normalized spacial score (nSPS) is 10.3.